The Morgan fingerprint density at radius 3 is 2.71 bits per heavy atom. The molecular formula is C11H15N3. The zero-order chi connectivity index (χ0) is 10.3. The van der Waals surface area contributed by atoms with E-state index in [9.17, 15) is 0 Å². The lowest BCUT2D eigenvalue weighted by molar-refractivity contribution is 0.591. The number of aliphatic imine (C=N–C) groups is 1. The first-order chi connectivity index (χ1) is 6.50. The van der Waals surface area contributed by atoms with Crippen LogP contribution >= 0.6 is 0 Å². The molecule has 14 heavy (non-hydrogen) atoms. The van der Waals surface area contributed by atoms with Gasteiger partial charge in [-0.2, -0.15) is 0 Å². The van der Waals surface area contributed by atoms with Gasteiger partial charge in [0.2, 0.25) is 0 Å². The highest BCUT2D eigenvalue weighted by Crippen LogP contribution is 2.30. The molecule has 0 aromatic carbocycles. The average molecular weight is 189 g/mol. The van der Waals surface area contributed by atoms with Crippen molar-refractivity contribution in [1.29, 1.82) is 0 Å². The summed E-state index contributed by atoms with van der Waals surface area (Å²) in [6.45, 7) is 7.12. The van der Waals surface area contributed by atoms with Gasteiger partial charge in [-0.25, -0.2) is 0 Å². The monoisotopic (exact) mass is 189 g/mol. The van der Waals surface area contributed by atoms with Crippen molar-refractivity contribution < 1.29 is 0 Å². The van der Waals surface area contributed by atoms with E-state index in [0.717, 1.165) is 22.7 Å². The Labute approximate surface area is 84.1 Å². The molecule has 0 saturated heterocycles. The summed E-state index contributed by atoms with van der Waals surface area (Å²) in [5.41, 5.74) is 9.85. The standard InChI is InChI=1S/C11H15N3/c1-11(2,3)10-9-7(6-14-10)8(12)4-5-13-9/h4-5H,6H2,1-3H3,(H2,12,13). The summed E-state index contributed by atoms with van der Waals surface area (Å²) >= 11 is 0. The van der Waals surface area contributed by atoms with Gasteiger partial charge in [-0.1, -0.05) is 20.8 Å². The zero-order valence-corrected chi connectivity index (χ0v) is 8.83. The second-order valence-corrected chi connectivity index (χ2v) is 4.64. The number of fused-ring (bicyclic) bond motifs is 1. The van der Waals surface area contributed by atoms with E-state index in [2.05, 4.69) is 30.7 Å². The zero-order valence-electron chi connectivity index (χ0n) is 8.83. The second kappa shape index (κ2) is 2.80. The van der Waals surface area contributed by atoms with Crippen molar-refractivity contribution in [1.82, 2.24) is 4.98 Å². The van der Waals surface area contributed by atoms with Crippen molar-refractivity contribution in [2.75, 3.05) is 5.73 Å². The molecule has 0 bridgehead atoms. The van der Waals surface area contributed by atoms with E-state index in [1.165, 1.54) is 0 Å². The van der Waals surface area contributed by atoms with Crippen LogP contribution in [0.1, 0.15) is 32.0 Å². The number of rotatable bonds is 0. The number of pyridine rings is 1. The minimum atomic E-state index is 0.0477. The molecule has 0 amide bonds. The first kappa shape index (κ1) is 9.19. The third kappa shape index (κ3) is 1.29. The van der Waals surface area contributed by atoms with Gasteiger partial charge in [0.25, 0.3) is 0 Å². The molecule has 1 aromatic rings. The predicted molar refractivity (Wildman–Crippen MR) is 58.3 cm³/mol. The van der Waals surface area contributed by atoms with Crippen LogP contribution in [-0.4, -0.2) is 10.7 Å². The van der Waals surface area contributed by atoms with E-state index in [-0.39, 0.29) is 5.41 Å². The molecular weight excluding hydrogens is 174 g/mol. The first-order valence-electron chi connectivity index (χ1n) is 4.79. The highest BCUT2D eigenvalue weighted by atomic mass is 14.9. The topological polar surface area (TPSA) is 51.3 Å². The van der Waals surface area contributed by atoms with Gasteiger partial charge in [0.15, 0.2) is 0 Å². The number of nitrogens with zero attached hydrogens (tertiary/aromatic N) is 2. The largest absolute Gasteiger partial charge is 0.398 e. The highest BCUT2D eigenvalue weighted by molar-refractivity contribution is 6.06. The predicted octanol–water partition coefficient (Wildman–Crippen LogP) is 2.01. The first-order valence-corrected chi connectivity index (χ1v) is 4.79. The summed E-state index contributed by atoms with van der Waals surface area (Å²) in [5.74, 6) is 0. The number of aromatic nitrogens is 1. The molecule has 0 spiro atoms. The summed E-state index contributed by atoms with van der Waals surface area (Å²) in [7, 11) is 0. The Hall–Kier alpha value is -1.38. The minimum absolute atomic E-state index is 0.0477. The number of nitrogens with two attached hydrogens (primary N) is 1. The maximum absolute atomic E-state index is 5.86. The molecule has 0 atom stereocenters. The van der Waals surface area contributed by atoms with Crippen LogP contribution in [0.4, 0.5) is 5.69 Å². The second-order valence-electron chi connectivity index (χ2n) is 4.64. The van der Waals surface area contributed by atoms with Crippen molar-refractivity contribution in [3.63, 3.8) is 0 Å². The molecule has 0 radical (unpaired) electrons. The van der Waals surface area contributed by atoms with E-state index >= 15 is 0 Å². The molecule has 1 aliphatic heterocycles. The van der Waals surface area contributed by atoms with Gasteiger partial charge in [-0.3, -0.25) is 9.98 Å². The SMILES string of the molecule is CC(C)(C)C1=NCc2c(N)ccnc21. The van der Waals surface area contributed by atoms with Gasteiger partial charge in [-0.05, 0) is 6.07 Å². The lowest BCUT2D eigenvalue weighted by Gasteiger charge is -2.18. The molecule has 0 aliphatic carbocycles. The fourth-order valence-corrected chi connectivity index (χ4v) is 1.70. The van der Waals surface area contributed by atoms with Gasteiger partial charge in [-0.15, -0.1) is 0 Å². The van der Waals surface area contributed by atoms with Crippen molar-refractivity contribution in [3.05, 3.63) is 23.5 Å². The van der Waals surface area contributed by atoms with E-state index in [0.29, 0.717) is 6.54 Å². The van der Waals surface area contributed by atoms with E-state index < -0.39 is 0 Å². The summed E-state index contributed by atoms with van der Waals surface area (Å²) in [6, 6.07) is 1.83. The highest BCUT2D eigenvalue weighted by Gasteiger charge is 2.28. The number of anilines is 1. The maximum atomic E-state index is 5.86. The summed E-state index contributed by atoms with van der Waals surface area (Å²) in [6.07, 6.45) is 1.75. The third-order valence-corrected chi connectivity index (χ3v) is 2.42. The van der Waals surface area contributed by atoms with Crippen molar-refractivity contribution >= 4 is 11.4 Å². The molecule has 2 rings (SSSR count). The van der Waals surface area contributed by atoms with E-state index in [1.54, 1.807) is 6.20 Å². The van der Waals surface area contributed by atoms with Crippen LogP contribution in [0, 0.1) is 5.41 Å². The molecule has 0 fully saturated rings. The Balaban J connectivity index is 2.53. The normalized spacial score (nSPS) is 15.2. The average Bonchev–Trinajstić information content (AvgIpc) is 2.47. The van der Waals surface area contributed by atoms with Crippen molar-refractivity contribution in [2.45, 2.75) is 27.3 Å². The number of hydrogen-bond acceptors (Lipinski definition) is 3. The summed E-state index contributed by atoms with van der Waals surface area (Å²) < 4.78 is 0. The molecule has 2 N–H and O–H groups in total. The van der Waals surface area contributed by atoms with Crippen LogP contribution in [-0.2, 0) is 6.54 Å². The van der Waals surface area contributed by atoms with Crippen molar-refractivity contribution in [2.24, 2.45) is 10.4 Å². The molecule has 74 valence electrons. The lowest BCUT2D eigenvalue weighted by Crippen LogP contribution is -2.21. The Morgan fingerprint density at radius 2 is 2.07 bits per heavy atom. The van der Waals surface area contributed by atoms with Crippen LogP contribution < -0.4 is 5.73 Å². The van der Waals surface area contributed by atoms with Crippen LogP contribution in [0.2, 0.25) is 0 Å². The minimum Gasteiger partial charge on any atom is -0.398 e. The summed E-state index contributed by atoms with van der Waals surface area (Å²) in [5, 5.41) is 0. The molecule has 3 nitrogen and oxygen atoms in total. The van der Waals surface area contributed by atoms with Crippen LogP contribution in [0.15, 0.2) is 17.3 Å². The van der Waals surface area contributed by atoms with E-state index in [4.69, 9.17) is 5.73 Å². The number of nitrogen functional groups attached to an aromatic ring is 1. The van der Waals surface area contributed by atoms with E-state index in [1.807, 2.05) is 6.07 Å². The Kier molecular flexibility index (Phi) is 1.84. The fraction of sp³-hybridized carbons (Fsp3) is 0.455. The van der Waals surface area contributed by atoms with Gasteiger partial charge < -0.3 is 5.73 Å². The van der Waals surface area contributed by atoms with Gasteiger partial charge >= 0.3 is 0 Å². The Bertz CT molecular complexity index is 399. The van der Waals surface area contributed by atoms with Crippen LogP contribution in [0.3, 0.4) is 0 Å². The Morgan fingerprint density at radius 1 is 1.36 bits per heavy atom. The molecule has 0 saturated carbocycles. The molecule has 0 unspecified atom stereocenters. The molecule has 2 heterocycles. The van der Waals surface area contributed by atoms with Gasteiger partial charge in [0, 0.05) is 22.9 Å². The van der Waals surface area contributed by atoms with Crippen LogP contribution in [0.25, 0.3) is 0 Å². The quantitative estimate of drug-likeness (QED) is 0.678. The van der Waals surface area contributed by atoms with Gasteiger partial charge in [0.1, 0.15) is 0 Å². The lowest BCUT2D eigenvalue weighted by atomic mass is 9.87. The molecule has 3 heteroatoms. The maximum Gasteiger partial charge on any atom is 0.0916 e. The smallest absolute Gasteiger partial charge is 0.0916 e. The molecule has 1 aromatic heterocycles. The third-order valence-electron chi connectivity index (χ3n) is 2.42. The summed E-state index contributed by atoms with van der Waals surface area (Å²) in [4.78, 5) is 8.87. The van der Waals surface area contributed by atoms with Crippen molar-refractivity contribution in [3.8, 4) is 0 Å². The fourth-order valence-electron chi connectivity index (χ4n) is 1.70. The van der Waals surface area contributed by atoms with Crippen LogP contribution in [0.5, 0.6) is 0 Å². The number of hydrogen-bond donors (Lipinski definition) is 1. The van der Waals surface area contributed by atoms with Gasteiger partial charge in [0.05, 0.1) is 18.0 Å². The molecule has 1 aliphatic rings.